The van der Waals surface area contributed by atoms with E-state index < -0.39 is 20.8 Å². The van der Waals surface area contributed by atoms with Gasteiger partial charge < -0.3 is 14.6 Å². The normalized spacial score (nSPS) is 13.0. The molecule has 0 heterocycles. The molecule has 6 nitrogen and oxygen atoms in total. The van der Waals surface area contributed by atoms with Gasteiger partial charge in [0.25, 0.3) is 0 Å². The molecular formula is C15H24O6S. The number of hydrogen-bond donors (Lipinski definition) is 2. The number of benzene rings is 1. The van der Waals surface area contributed by atoms with Crippen LogP contribution in [-0.4, -0.2) is 32.3 Å². The zero-order valence-corrected chi connectivity index (χ0v) is 14.5. The van der Waals surface area contributed by atoms with E-state index >= 15 is 0 Å². The first-order chi connectivity index (χ1) is 10.2. The van der Waals surface area contributed by atoms with Gasteiger partial charge >= 0.3 is 10.1 Å². The summed E-state index contributed by atoms with van der Waals surface area (Å²) in [5.41, 5.74) is 1.19. The molecule has 0 fully saturated rings. The smallest absolute Gasteiger partial charge is 0.302 e. The first kappa shape index (κ1) is 18.6. The van der Waals surface area contributed by atoms with Crippen LogP contribution < -0.4 is 9.47 Å². The summed E-state index contributed by atoms with van der Waals surface area (Å²) in [6, 6.07) is 0. The standard InChI is InChI=1S/C15H24O6S/c1-6-8-10-11(9(3)7-2)13(20-4)14(21-5)15(12(10)16)22(17,18)19/h9,16H,6-8H2,1-5H3,(H,17,18,19). The molecule has 0 aromatic heterocycles. The second kappa shape index (κ2) is 7.19. The van der Waals surface area contributed by atoms with Crippen molar-refractivity contribution in [1.82, 2.24) is 0 Å². The first-order valence-electron chi connectivity index (χ1n) is 7.21. The summed E-state index contributed by atoms with van der Waals surface area (Å²) in [5.74, 6) is -0.354. The third kappa shape index (κ3) is 3.30. The Bertz CT molecular complexity index is 636. The van der Waals surface area contributed by atoms with Crippen molar-refractivity contribution in [1.29, 1.82) is 0 Å². The quantitative estimate of drug-likeness (QED) is 0.745. The fourth-order valence-corrected chi connectivity index (χ4v) is 3.37. The molecule has 0 aliphatic heterocycles. The summed E-state index contributed by atoms with van der Waals surface area (Å²) in [6.45, 7) is 5.87. The Morgan fingerprint density at radius 2 is 1.68 bits per heavy atom. The Kier molecular flexibility index (Phi) is 6.08. The van der Waals surface area contributed by atoms with Gasteiger partial charge in [0.15, 0.2) is 16.4 Å². The molecule has 2 N–H and O–H groups in total. The molecule has 1 unspecified atom stereocenters. The molecule has 22 heavy (non-hydrogen) atoms. The largest absolute Gasteiger partial charge is 0.506 e. The summed E-state index contributed by atoms with van der Waals surface area (Å²) in [4.78, 5) is -0.637. The minimum Gasteiger partial charge on any atom is -0.506 e. The van der Waals surface area contributed by atoms with Gasteiger partial charge in [0.2, 0.25) is 0 Å². The Hall–Kier alpha value is -1.47. The van der Waals surface area contributed by atoms with E-state index in [0.29, 0.717) is 24.0 Å². The highest BCUT2D eigenvalue weighted by Gasteiger charge is 2.32. The molecule has 0 amide bonds. The summed E-state index contributed by atoms with van der Waals surface area (Å²) in [7, 11) is -1.98. The molecule has 7 heteroatoms. The fraction of sp³-hybridized carbons (Fsp3) is 0.600. The van der Waals surface area contributed by atoms with Gasteiger partial charge in [-0.2, -0.15) is 8.42 Å². The van der Waals surface area contributed by atoms with Crippen LogP contribution in [-0.2, 0) is 16.5 Å². The van der Waals surface area contributed by atoms with Gasteiger partial charge in [-0.3, -0.25) is 4.55 Å². The summed E-state index contributed by atoms with van der Waals surface area (Å²) in [6.07, 6.45) is 1.95. The van der Waals surface area contributed by atoms with E-state index in [-0.39, 0.29) is 17.4 Å². The van der Waals surface area contributed by atoms with Gasteiger partial charge in [0.05, 0.1) is 14.2 Å². The van der Waals surface area contributed by atoms with Crippen LogP contribution in [0.1, 0.15) is 50.7 Å². The summed E-state index contributed by atoms with van der Waals surface area (Å²) < 4.78 is 43.3. The van der Waals surface area contributed by atoms with Gasteiger partial charge in [0, 0.05) is 11.1 Å². The minimum atomic E-state index is -4.65. The van der Waals surface area contributed by atoms with Crippen molar-refractivity contribution in [3.8, 4) is 17.2 Å². The molecule has 1 rings (SSSR count). The lowest BCUT2D eigenvalue weighted by Gasteiger charge is -2.24. The maximum Gasteiger partial charge on any atom is 0.302 e. The van der Waals surface area contributed by atoms with Crippen LogP contribution in [0.5, 0.6) is 17.2 Å². The number of hydrogen-bond acceptors (Lipinski definition) is 5. The molecule has 0 spiro atoms. The molecule has 126 valence electrons. The van der Waals surface area contributed by atoms with Crippen molar-refractivity contribution >= 4 is 10.1 Å². The zero-order valence-electron chi connectivity index (χ0n) is 13.6. The lowest BCUT2D eigenvalue weighted by Crippen LogP contribution is -2.10. The maximum atomic E-state index is 11.7. The number of phenols is 1. The third-order valence-electron chi connectivity index (χ3n) is 3.75. The molecule has 0 saturated heterocycles. The van der Waals surface area contributed by atoms with E-state index in [4.69, 9.17) is 9.47 Å². The van der Waals surface area contributed by atoms with Gasteiger partial charge in [-0.1, -0.05) is 27.2 Å². The number of phenolic OH excluding ortho intramolecular Hbond substituents is 1. The molecule has 0 aliphatic rings. The summed E-state index contributed by atoms with van der Waals surface area (Å²) >= 11 is 0. The molecule has 1 aromatic carbocycles. The van der Waals surface area contributed by atoms with Crippen LogP contribution in [0.15, 0.2) is 4.90 Å². The summed E-state index contributed by atoms with van der Waals surface area (Å²) in [5, 5.41) is 10.4. The van der Waals surface area contributed by atoms with Crippen molar-refractivity contribution in [3.63, 3.8) is 0 Å². The van der Waals surface area contributed by atoms with E-state index in [0.717, 1.165) is 6.42 Å². The topological polar surface area (TPSA) is 93.1 Å². The maximum absolute atomic E-state index is 11.7. The lowest BCUT2D eigenvalue weighted by molar-refractivity contribution is 0.329. The van der Waals surface area contributed by atoms with Crippen LogP contribution in [0, 0.1) is 0 Å². The Morgan fingerprint density at radius 3 is 2.05 bits per heavy atom. The lowest BCUT2D eigenvalue weighted by atomic mass is 9.89. The molecule has 0 bridgehead atoms. The highest BCUT2D eigenvalue weighted by molar-refractivity contribution is 7.86. The van der Waals surface area contributed by atoms with Crippen molar-refractivity contribution in [2.75, 3.05) is 14.2 Å². The molecule has 0 saturated carbocycles. The average Bonchev–Trinajstić information content (AvgIpc) is 2.46. The van der Waals surface area contributed by atoms with E-state index in [1.807, 2.05) is 20.8 Å². The van der Waals surface area contributed by atoms with E-state index in [1.165, 1.54) is 14.2 Å². The SMILES string of the molecule is CCCc1c(O)c(S(=O)(=O)O)c(OC)c(OC)c1C(C)CC. The number of methoxy groups -OCH3 is 2. The Balaban J connectivity index is 3.97. The molecule has 0 radical (unpaired) electrons. The fourth-order valence-electron chi connectivity index (χ4n) is 2.59. The van der Waals surface area contributed by atoms with Crippen LogP contribution in [0.25, 0.3) is 0 Å². The van der Waals surface area contributed by atoms with Crippen molar-refractivity contribution in [2.45, 2.75) is 50.8 Å². The van der Waals surface area contributed by atoms with Crippen molar-refractivity contribution in [3.05, 3.63) is 11.1 Å². The predicted molar refractivity (Wildman–Crippen MR) is 83.7 cm³/mol. The molecule has 1 aromatic rings. The van der Waals surface area contributed by atoms with Gasteiger partial charge in [-0.05, 0) is 18.8 Å². The van der Waals surface area contributed by atoms with E-state index in [1.54, 1.807) is 0 Å². The van der Waals surface area contributed by atoms with Crippen LogP contribution in [0.2, 0.25) is 0 Å². The van der Waals surface area contributed by atoms with Crippen LogP contribution in [0.4, 0.5) is 0 Å². The first-order valence-corrected chi connectivity index (χ1v) is 8.65. The Morgan fingerprint density at radius 1 is 1.14 bits per heavy atom. The molecule has 1 atom stereocenters. The minimum absolute atomic E-state index is 0.0340. The monoisotopic (exact) mass is 332 g/mol. The Labute approximate surface area is 131 Å². The average molecular weight is 332 g/mol. The van der Waals surface area contributed by atoms with Crippen molar-refractivity contribution in [2.24, 2.45) is 0 Å². The second-order valence-electron chi connectivity index (χ2n) is 5.17. The van der Waals surface area contributed by atoms with E-state index in [2.05, 4.69) is 0 Å². The van der Waals surface area contributed by atoms with Crippen LogP contribution in [0.3, 0.4) is 0 Å². The predicted octanol–water partition coefficient (Wildman–Crippen LogP) is 3.12. The number of rotatable bonds is 7. The van der Waals surface area contributed by atoms with E-state index in [9.17, 15) is 18.1 Å². The number of ether oxygens (including phenoxy) is 2. The highest BCUT2D eigenvalue weighted by Crippen LogP contribution is 2.49. The zero-order chi connectivity index (χ0) is 17.1. The van der Waals surface area contributed by atoms with Gasteiger partial charge in [-0.25, -0.2) is 0 Å². The van der Waals surface area contributed by atoms with Crippen molar-refractivity contribution < 1.29 is 27.6 Å². The third-order valence-corrected chi connectivity index (χ3v) is 4.65. The van der Waals surface area contributed by atoms with Gasteiger partial charge in [-0.15, -0.1) is 0 Å². The molecular weight excluding hydrogens is 308 g/mol. The molecule has 0 aliphatic carbocycles. The van der Waals surface area contributed by atoms with Gasteiger partial charge in [0.1, 0.15) is 5.75 Å². The second-order valence-corrected chi connectivity index (χ2v) is 6.53. The number of aromatic hydroxyl groups is 1. The van der Waals surface area contributed by atoms with Crippen LogP contribution >= 0.6 is 0 Å². The highest BCUT2D eigenvalue weighted by atomic mass is 32.2.